The van der Waals surface area contributed by atoms with Gasteiger partial charge in [0.05, 0.1) is 0 Å². The van der Waals surface area contributed by atoms with Crippen molar-refractivity contribution in [2.24, 2.45) is 0 Å². The van der Waals surface area contributed by atoms with Crippen molar-refractivity contribution in [1.82, 2.24) is 0 Å². The second-order valence-electron chi connectivity index (χ2n) is 3.65. The normalized spacial score (nSPS) is 13.2. The van der Waals surface area contributed by atoms with Crippen LogP contribution in [-0.4, -0.2) is 3.79 Å². The first kappa shape index (κ1) is 14.7. The summed E-state index contributed by atoms with van der Waals surface area (Å²) in [6, 6.07) is 7.29. The summed E-state index contributed by atoms with van der Waals surface area (Å²) >= 11 is 29.2. The first-order valence-electron chi connectivity index (χ1n) is 4.52. The molecule has 0 unspecified atom stereocenters. The largest absolute Gasteiger partial charge is 0.227 e. The van der Waals surface area contributed by atoms with E-state index in [1.165, 1.54) is 5.92 Å². The average Bonchev–Trinajstić information content (AvgIpc) is 2.16. The van der Waals surface area contributed by atoms with Gasteiger partial charge in [0.25, 0.3) is 0 Å². The summed E-state index contributed by atoms with van der Waals surface area (Å²) in [5, 5.41) is 0. The molecular weight excluding hydrogens is 309 g/mol. The Morgan fingerprint density at radius 2 is 1.31 bits per heavy atom. The molecule has 1 rings (SSSR count). The van der Waals surface area contributed by atoms with Gasteiger partial charge in [0, 0.05) is 0 Å². The van der Waals surface area contributed by atoms with Crippen LogP contribution in [0.5, 0.6) is 0 Å². The van der Waals surface area contributed by atoms with Crippen LogP contribution < -0.4 is 0 Å². The molecule has 0 aliphatic heterocycles. The van der Waals surface area contributed by atoms with Crippen LogP contribution in [0, 0.1) is 5.92 Å². The van der Waals surface area contributed by atoms with E-state index in [1.807, 2.05) is 26.0 Å². The molecule has 1 aromatic carbocycles. The Labute approximate surface area is 121 Å². The average molecular weight is 319 g/mol. The molecular formula is C11H10Cl5. The molecule has 0 atom stereocenters. The molecule has 0 heterocycles. The van der Waals surface area contributed by atoms with Crippen molar-refractivity contribution in [3.8, 4) is 0 Å². The first-order chi connectivity index (χ1) is 7.16. The van der Waals surface area contributed by atoms with E-state index in [2.05, 4.69) is 0 Å². The van der Waals surface area contributed by atoms with Gasteiger partial charge in [-0.25, -0.2) is 0 Å². The fraction of sp³-hybridized carbons (Fsp3) is 0.364. The topological polar surface area (TPSA) is 0 Å². The van der Waals surface area contributed by atoms with Crippen LogP contribution in [0.4, 0.5) is 0 Å². The van der Waals surface area contributed by atoms with E-state index in [0.717, 1.165) is 5.56 Å². The number of alkyl halides is 5. The van der Waals surface area contributed by atoms with E-state index in [9.17, 15) is 0 Å². The van der Waals surface area contributed by atoms with E-state index < -0.39 is 8.13 Å². The minimum absolute atomic E-state index is 0.556. The quantitative estimate of drug-likeness (QED) is 0.618. The summed E-state index contributed by atoms with van der Waals surface area (Å²) < 4.78 is -3.33. The van der Waals surface area contributed by atoms with Crippen LogP contribution in [0.2, 0.25) is 0 Å². The van der Waals surface area contributed by atoms with E-state index in [4.69, 9.17) is 58.0 Å². The second-order valence-corrected chi connectivity index (χ2v) is 7.26. The number of rotatable bonds is 2. The third kappa shape index (κ3) is 3.11. The van der Waals surface area contributed by atoms with Crippen LogP contribution in [0.3, 0.4) is 0 Å². The molecule has 89 valence electrons. The maximum absolute atomic E-state index is 6.03. The molecule has 0 amide bonds. The number of hydrogen-bond donors (Lipinski definition) is 0. The summed E-state index contributed by atoms with van der Waals surface area (Å²) in [5.41, 5.74) is 1.65. The van der Waals surface area contributed by atoms with Crippen molar-refractivity contribution in [3.05, 3.63) is 41.3 Å². The van der Waals surface area contributed by atoms with E-state index in [1.54, 1.807) is 12.1 Å². The lowest BCUT2D eigenvalue weighted by atomic mass is 10.0. The van der Waals surface area contributed by atoms with Crippen molar-refractivity contribution in [2.45, 2.75) is 22.0 Å². The van der Waals surface area contributed by atoms with Crippen molar-refractivity contribution < 1.29 is 0 Å². The summed E-state index contributed by atoms with van der Waals surface area (Å²) in [7, 11) is 0. The van der Waals surface area contributed by atoms with Crippen molar-refractivity contribution in [1.29, 1.82) is 0 Å². The molecule has 0 bridgehead atoms. The van der Waals surface area contributed by atoms with Gasteiger partial charge in [0.1, 0.15) is 0 Å². The van der Waals surface area contributed by atoms with E-state index in [0.29, 0.717) is 5.56 Å². The van der Waals surface area contributed by atoms with Crippen LogP contribution in [-0.2, 0) is 4.33 Å². The molecule has 16 heavy (non-hydrogen) atoms. The van der Waals surface area contributed by atoms with Gasteiger partial charge in [-0.15, -0.1) is 0 Å². The molecule has 0 aliphatic rings. The van der Waals surface area contributed by atoms with Crippen molar-refractivity contribution in [2.75, 3.05) is 0 Å². The third-order valence-corrected chi connectivity index (χ3v) is 4.62. The van der Waals surface area contributed by atoms with Gasteiger partial charge in [0.2, 0.25) is 3.79 Å². The van der Waals surface area contributed by atoms with E-state index in [-0.39, 0.29) is 0 Å². The standard InChI is InChI=1S/C11H10Cl5/c1-7(2)8-3-5-9(6-4-8)10(12,13)11(14,15)16/h3-6H,1-2H3. The summed E-state index contributed by atoms with van der Waals surface area (Å²) in [5.74, 6) is 1.19. The fourth-order valence-corrected chi connectivity index (χ4v) is 1.76. The lowest BCUT2D eigenvalue weighted by Crippen LogP contribution is -2.28. The van der Waals surface area contributed by atoms with Gasteiger partial charge in [-0.2, -0.15) is 0 Å². The lowest BCUT2D eigenvalue weighted by Gasteiger charge is -2.27. The molecule has 1 aromatic rings. The molecule has 0 aliphatic carbocycles. The van der Waals surface area contributed by atoms with Gasteiger partial charge in [-0.3, -0.25) is 0 Å². The monoisotopic (exact) mass is 317 g/mol. The Balaban J connectivity index is 3.07. The van der Waals surface area contributed by atoms with Crippen LogP contribution in [0.25, 0.3) is 0 Å². The predicted octanol–water partition coefficient (Wildman–Crippen LogP) is 5.65. The van der Waals surface area contributed by atoms with Gasteiger partial charge in [-0.1, -0.05) is 96.1 Å². The summed E-state index contributed by atoms with van der Waals surface area (Å²) in [4.78, 5) is 0. The summed E-state index contributed by atoms with van der Waals surface area (Å²) in [6.45, 7) is 4.02. The highest BCUT2D eigenvalue weighted by Crippen LogP contribution is 2.52. The summed E-state index contributed by atoms with van der Waals surface area (Å²) in [6.07, 6.45) is 0. The Morgan fingerprint density at radius 1 is 0.875 bits per heavy atom. The second kappa shape index (κ2) is 5.12. The van der Waals surface area contributed by atoms with Gasteiger partial charge in [-0.05, 0) is 17.0 Å². The molecule has 1 radical (unpaired) electrons. The van der Waals surface area contributed by atoms with Crippen molar-refractivity contribution in [3.63, 3.8) is 0 Å². The van der Waals surface area contributed by atoms with Crippen LogP contribution in [0.1, 0.15) is 25.0 Å². The van der Waals surface area contributed by atoms with Crippen LogP contribution in [0.15, 0.2) is 24.3 Å². The number of benzene rings is 1. The molecule has 0 spiro atoms. The minimum atomic E-state index is -1.78. The highest BCUT2D eigenvalue weighted by molar-refractivity contribution is 6.75. The Kier molecular flexibility index (Phi) is 4.71. The molecule has 0 fully saturated rings. The zero-order valence-corrected chi connectivity index (χ0v) is 12.5. The highest BCUT2D eigenvalue weighted by Gasteiger charge is 2.47. The molecule has 0 N–H and O–H groups in total. The van der Waals surface area contributed by atoms with E-state index >= 15 is 0 Å². The zero-order valence-electron chi connectivity index (χ0n) is 8.70. The van der Waals surface area contributed by atoms with Gasteiger partial charge in [0.15, 0.2) is 4.33 Å². The van der Waals surface area contributed by atoms with Gasteiger partial charge < -0.3 is 0 Å². The maximum Gasteiger partial charge on any atom is 0.227 e. The highest BCUT2D eigenvalue weighted by atomic mass is 35.6. The zero-order chi connectivity index (χ0) is 12.6. The molecule has 0 aromatic heterocycles. The number of halogens is 5. The van der Waals surface area contributed by atoms with Crippen molar-refractivity contribution >= 4 is 58.0 Å². The lowest BCUT2D eigenvalue weighted by molar-refractivity contribution is 0.876. The minimum Gasteiger partial charge on any atom is -0.0915 e. The molecule has 0 nitrogen and oxygen atoms in total. The molecule has 5 heteroatoms. The Hall–Kier alpha value is 0.670. The molecule has 0 saturated carbocycles. The Morgan fingerprint density at radius 3 is 1.62 bits per heavy atom. The Bertz CT molecular complexity index is 348. The van der Waals surface area contributed by atoms with Crippen LogP contribution >= 0.6 is 58.0 Å². The first-order valence-corrected chi connectivity index (χ1v) is 6.41. The predicted molar refractivity (Wildman–Crippen MR) is 73.8 cm³/mol. The number of hydrogen-bond acceptors (Lipinski definition) is 0. The van der Waals surface area contributed by atoms with Gasteiger partial charge >= 0.3 is 0 Å². The SMILES string of the molecule is C[C](C)c1ccc(C(Cl)(Cl)C(Cl)(Cl)Cl)cc1. The fourth-order valence-electron chi connectivity index (χ4n) is 1.18. The molecule has 0 saturated heterocycles. The smallest absolute Gasteiger partial charge is 0.0915 e. The third-order valence-electron chi connectivity index (χ3n) is 2.18. The maximum atomic E-state index is 6.03.